The van der Waals surface area contributed by atoms with Gasteiger partial charge >= 0.3 is 0 Å². The molecule has 0 saturated carbocycles. The van der Waals surface area contributed by atoms with E-state index < -0.39 is 0 Å². The van der Waals surface area contributed by atoms with Crippen LogP contribution in [0.5, 0.6) is 0 Å². The van der Waals surface area contributed by atoms with Crippen LogP contribution in [0.3, 0.4) is 0 Å². The van der Waals surface area contributed by atoms with E-state index in [1.54, 1.807) is 0 Å². The number of rotatable bonds is 2. The minimum absolute atomic E-state index is 0.459. The van der Waals surface area contributed by atoms with Gasteiger partial charge in [-0.05, 0) is 24.1 Å². The van der Waals surface area contributed by atoms with E-state index in [0.29, 0.717) is 6.42 Å². The van der Waals surface area contributed by atoms with Crippen LogP contribution in [0.25, 0.3) is 6.08 Å². The lowest BCUT2D eigenvalue weighted by molar-refractivity contribution is 1.36. The van der Waals surface area contributed by atoms with Gasteiger partial charge in [0.25, 0.3) is 0 Å². The molecule has 1 rings (SSSR count). The number of hydrogen-bond donors (Lipinski definition) is 0. The van der Waals surface area contributed by atoms with Crippen molar-refractivity contribution < 1.29 is 0 Å². The summed E-state index contributed by atoms with van der Waals surface area (Å²) in [5, 5.41) is 8.34. The van der Waals surface area contributed by atoms with Gasteiger partial charge in [0.15, 0.2) is 0 Å². The van der Waals surface area contributed by atoms with Crippen LogP contribution in [-0.4, -0.2) is 0 Å². The molecule has 1 aromatic rings. The van der Waals surface area contributed by atoms with E-state index in [4.69, 9.17) is 5.26 Å². The summed E-state index contributed by atoms with van der Waals surface area (Å²) in [5.41, 5.74) is 2.34. The van der Waals surface area contributed by atoms with Crippen LogP contribution in [0, 0.1) is 18.3 Å². The molecular weight excluding hydrogens is 226 g/mol. The van der Waals surface area contributed by atoms with Gasteiger partial charge in [0.1, 0.15) is 0 Å². The second-order valence-electron chi connectivity index (χ2n) is 2.79. The van der Waals surface area contributed by atoms with E-state index in [-0.39, 0.29) is 0 Å². The molecular formula is C11H10BrN. The SMILES string of the molecule is Cc1ccc(C=CCC#N)c(Br)c1. The standard InChI is InChI=1S/C11H10BrN/c1-9-5-6-10(11(12)8-9)4-2-3-7-13/h2,4-6,8H,3H2,1H3. The summed E-state index contributed by atoms with van der Waals surface area (Å²) >= 11 is 3.47. The lowest BCUT2D eigenvalue weighted by Gasteiger charge is -1.98. The molecule has 0 unspecified atom stereocenters. The van der Waals surface area contributed by atoms with Crippen molar-refractivity contribution in [2.75, 3.05) is 0 Å². The van der Waals surface area contributed by atoms with E-state index in [9.17, 15) is 0 Å². The van der Waals surface area contributed by atoms with Gasteiger partial charge in [-0.15, -0.1) is 0 Å². The molecule has 0 radical (unpaired) electrons. The second kappa shape index (κ2) is 4.84. The van der Waals surface area contributed by atoms with Crippen LogP contribution < -0.4 is 0 Å². The molecule has 2 heteroatoms. The molecule has 0 fully saturated rings. The number of aryl methyl sites for hydroxylation is 1. The van der Waals surface area contributed by atoms with E-state index >= 15 is 0 Å². The normalized spacial score (nSPS) is 10.2. The molecule has 0 aromatic heterocycles. The van der Waals surface area contributed by atoms with Crippen molar-refractivity contribution in [2.45, 2.75) is 13.3 Å². The van der Waals surface area contributed by atoms with Crippen LogP contribution in [0.1, 0.15) is 17.5 Å². The smallest absolute Gasteiger partial charge is 0.0663 e. The molecule has 66 valence electrons. The molecule has 0 N–H and O–H groups in total. The van der Waals surface area contributed by atoms with E-state index in [0.717, 1.165) is 10.0 Å². The highest BCUT2D eigenvalue weighted by Gasteiger charge is 1.94. The summed E-state index contributed by atoms with van der Waals surface area (Å²) in [4.78, 5) is 0. The Balaban J connectivity index is 2.85. The van der Waals surface area contributed by atoms with Crippen molar-refractivity contribution in [3.8, 4) is 6.07 Å². The van der Waals surface area contributed by atoms with E-state index in [1.807, 2.05) is 25.1 Å². The summed E-state index contributed by atoms with van der Waals surface area (Å²) in [6.45, 7) is 2.05. The fourth-order valence-electron chi connectivity index (χ4n) is 1.01. The van der Waals surface area contributed by atoms with Gasteiger partial charge in [-0.1, -0.05) is 40.2 Å². The third-order valence-electron chi connectivity index (χ3n) is 1.66. The maximum Gasteiger partial charge on any atom is 0.0663 e. The molecule has 1 aromatic carbocycles. The van der Waals surface area contributed by atoms with Gasteiger partial charge in [0, 0.05) is 4.47 Å². The van der Waals surface area contributed by atoms with Gasteiger partial charge in [-0.3, -0.25) is 0 Å². The topological polar surface area (TPSA) is 23.8 Å². The second-order valence-corrected chi connectivity index (χ2v) is 3.64. The van der Waals surface area contributed by atoms with Gasteiger partial charge < -0.3 is 0 Å². The minimum Gasteiger partial charge on any atom is -0.198 e. The van der Waals surface area contributed by atoms with Crippen LogP contribution in [0.4, 0.5) is 0 Å². The largest absolute Gasteiger partial charge is 0.198 e. The third kappa shape index (κ3) is 3.04. The molecule has 0 spiro atoms. The van der Waals surface area contributed by atoms with E-state index in [2.05, 4.69) is 34.1 Å². The number of nitriles is 1. The molecule has 13 heavy (non-hydrogen) atoms. The van der Waals surface area contributed by atoms with Crippen LogP contribution in [0.2, 0.25) is 0 Å². The first-order chi connectivity index (χ1) is 6.24. The lowest BCUT2D eigenvalue weighted by Crippen LogP contribution is -1.77. The summed E-state index contributed by atoms with van der Waals surface area (Å²) in [5.74, 6) is 0. The predicted octanol–water partition coefficient (Wildman–Crippen LogP) is 3.68. The number of nitrogens with zero attached hydrogens (tertiary/aromatic N) is 1. The monoisotopic (exact) mass is 235 g/mol. The number of benzene rings is 1. The predicted molar refractivity (Wildman–Crippen MR) is 58.1 cm³/mol. The number of halogens is 1. The highest BCUT2D eigenvalue weighted by molar-refractivity contribution is 9.10. The molecule has 0 aliphatic heterocycles. The van der Waals surface area contributed by atoms with Gasteiger partial charge in [0.05, 0.1) is 12.5 Å². The Bertz CT molecular complexity index is 361. The first-order valence-electron chi connectivity index (χ1n) is 4.03. The first kappa shape index (κ1) is 10.0. The Kier molecular flexibility index (Phi) is 3.72. The summed E-state index contributed by atoms with van der Waals surface area (Å²) < 4.78 is 1.07. The Morgan fingerprint density at radius 2 is 2.31 bits per heavy atom. The molecule has 0 bridgehead atoms. The van der Waals surface area contributed by atoms with Crippen LogP contribution in [-0.2, 0) is 0 Å². The van der Waals surface area contributed by atoms with Crippen molar-refractivity contribution in [1.82, 2.24) is 0 Å². The summed E-state index contributed by atoms with van der Waals surface area (Å²) in [6.07, 6.45) is 4.27. The van der Waals surface area contributed by atoms with E-state index in [1.165, 1.54) is 5.56 Å². The van der Waals surface area contributed by atoms with Crippen LogP contribution >= 0.6 is 15.9 Å². The molecule has 0 amide bonds. The van der Waals surface area contributed by atoms with Crippen molar-refractivity contribution in [2.24, 2.45) is 0 Å². The highest BCUT2D eigenvalue weighted by Crippen LogP contribution is 2.19. The number of allylic oxidation sites excluding steroid dienone is 1. The first-order valence-corrected chi connectivity index (χ1v) is 4.83. The van der Waals surface area contributed by atoms with Crippen molar-refractivity contribution in [1.29, 1.82) is 5.26 Å². The average Bonchev–Trinajstić information content (AvgIpc) is 2.09. The van der Waals surface area contributed by atoms with Crippen molar-refractivity contribution in [3.63, 3.8) is 0 Å². The highest BCUT2D eigenvalue weighted by atomic mass is 79.9. The van der Waals surface area contributed by atoms with Gasteiger partial charge in [-0.2, -0.15) is 5.26 Å². The fourth-order valence-corrected chi connectivity index (χ4v) is 1.63. The zero-order valence-corrected chi connectivity index (χ0v) is 9.01. The Hall–Kier alpha value is -1.07. The summed E-state index contributed by atoms with van der Waals surface area (Å²) in [7, 11) is 0. The lowest BCUT2D eigenvalue weighted by atomic mass is 10.1. The maximum atomic E-state index is 8.34. The minimum atomic E-state index is 0.459. The summed E-state index contributed by atoms with van der Waals surface area (Å²) in [6, 6.07) is 8.22. The molecule has 0 atom stereocenters. The Labute approximate surface area is 86.8 Å². The average molecular weight is 236 g/mol. The van der Waals surface area contributed by atoms with Crippen molar-refractivity contribution in [3.05, 3.63) is 39.9 Å². The van der Waals surface area contributed by atoms with Gasteiger partial charge in [0.2, 0.25) is 0 Å². The molecule has 1 nitrogen and oxygen atoms in total. The Morgan fingerprint density at radius 3 is 2.92 bits per heavy atom. The van der Waals surface area contributed by atoms with Crippen molar-refractivity contribution >= 4 is 22.0 Å². The molecule has 0 heterocycles. The molecule has 0 aliphatic rings. The molecule has 0 aliphatic carbocycles. The fraction of sp³-hybridized carbons (Fsp3) is 0.182. The zero-order chi connectivity index (χ0) is 9.68. The van der Waals surface area contributed by atoms with Crippen LogP contribution in [0.15, 0.2) is 28.7 Å². The Morgan fingerprint density at radius 1 is 1.54 bits per heavy atom. The molecule has 0 saturated heterocycles. The third-order valence-corrected chi connectivity index (χ3v) is 2.35. The zero-order valence-electron chi connectivity index (χ0n) is 7.42. The number of hydrogen-bond acceptors (Lipinski definition) is 1. The quantitative estimate of drug-likeness (QED) is 0.768. The maximum absolute atomic E-state index is 8.34. The van der Waals surface area contributed by atoms with Gasteiger partial charge in [-0.25, -0.2) is 0 Å².